The molecular weight excluding hydrogens is 424 g/mol. The molecule has 4 rings (SSSR count). The molecule has 1 heterocycles. The van der Waals surface area contributed by atoms with Crippen LogP contribution in [-0.2, 0) is 29.2 Å². The number of hydrogen-bond donors (Lipinski definition) is 1. The second-order valence-corrected chi connectivity index (χ2v) is 8.73. The van der Waals surface area contributed by atoms with E-state index < -0.39 is 6.04 Å². The van der Waals surface area contributed by atoms with Gasteiger partial charge >= 0.3 is 0 Å². The Morgan fingerprint density at radius 2 is 1.59 bits per heavy atom. The first-order valence-corrected chi connectivity index (χ1v) is 12.1. The Morgan fingerprint density at radius 3 is 2.35 bits per heavy atom. The summed E-state index contributed by atoms with van der Waals surface area (Å²) in [6.45, 7) is 1.54. The second kappa shape index (κ2) is 12.0. The molecular formula is C29H32N2O3. The number of ether oxygens (including phenoxy) is 1. The summed E-state index contributed by atoms with van der Waals surface area (Å²) in [5, 5.41) is 2.98. The number of hydrogen-bond acceptors (Lipinski definition) is 3. The van der Waals surface area contributed by atoms with E-state index in [-0.39, 0.29) is 11.8 Å². The van der Waals surface area contributed by atoms with Crippen LogP contribution in [0, 0.1) is 0 Å². The van der Waals surface area contributed by atoms with Gasteiger partial charge in [-0.25, -0.2) is 0 Å². The number of nitrogens with one attached hydrogen (secondary N) is 1. The molecule has 3 aromatic rings. The monoisotopic (exact) mass is 456 g/mol. The molecule has 1 fully saturated rings. The Hall–Kier alpha value is -3.60. The number of nitrogens with zero attached hydrogens (tertiary/aromatic N) is 1. The van der Waals surface area contributed by atoms with E-state index in [1.807, 2.05) is 84.9 Å². The lowest BCUT2D eigenvalue weighted by molar-refractivity contribution is -0.141. The highest BCUT2D eigenvalue weighted by molar-refractivity contribution is 5.88. The van der Waals surface area contributed by atoms with Gasteiger partial charge in [-0.05, 0) is 54.5 Å². The molecule has 2 amide bonds. The molecule has 0 bridgehead atoms. The van der Waals surface area contributed by atoms with Crippen molar-refractivity contribution in [1.29, 1.82) is 0 Å². The molecule has 5 nitrogen and oxygen atoms in total. The topological polar surface area (TPSA) is 58.6 Å². The molecule has 1 atom stereocenters. The Morgan fingerprint density at radius 1 is 0.882 bits per heavy atom. The molecule has 5 heteroatoms. The first kappa shape index (κ1) is 23.6. The van der Waals surface area contributed by atoms with Gasteiger partial charge in [0.2, 0.25) is 11.8 Å². The van der Waals surface area contributed by atoms with Crippen molar-refractivity contribution in [2.24, 2.45) is 0 Å². The summed E-state index contributed by atoms with van der Waals surface area (Å²) in [5.74, 6) is 0.701. The maximum atomic E-state index is 13.4. The fourth-order valence-electron chi connectivity index (χ4n) is 4.30. The standard InChI is InChI=1S/C29H32N2O3/c32-28(18-17-23-10-3-1-4-11-23)31(27-16-7-8-19-30-29(27)33)21-25-14-9-15-26(20-25)34-22-24-12-5-2-6-13-24/h1-6,9-15,20,27H,7-8,16-19,21-22H2,(H,30,33). The molecule has 0 radical (unpaired) electrons. The van der Waals surface area contributed by atoms with Crippen LogP contribution in [0.2, 0.25) is 0 Å². The van der Waals surface area contributed by atoms with Crippen molar-refractivity contribution in [1.82, 2.24) is 10.2 Å². The third-order valence-electron chi connectivity index (χ3n) is 6.17. The minimum absolute atomic E-state index is 0.00140. The number of benzene rings is 3. The van der Waals surface area contributed by atoms with Crippen molar-refractivity contribution in [3.8, 4) is 5.75 Å². The largest absolute Gasteiger partial charge is 0.489 e. The van der Waals surface area contributed by atoms with Crippen LogP contribution in [0.1, 0.15) is 42.4 Å². The lowest BCUT2D eigenvalue weighted by Crippen LogP contribution is -2.48. The van der Waals surface area contributed by atoms with Gasteiger partial charge in [-0.2, -0.15) is 0 Å². The van der Waals surface area contributed by atoms with Gasteiger partial charge in [0.1, 0.15) is 18.4 Å². The Bertz CT molecular complexity index is 1070. The predicted octanol–water partition coefficient (Wildman–Crippen LogP) is 4.90. The summed E-state index contributed by atoms with van der Waals surface area (Å²) in [6.07, 6.45) is 3.58. The summed E-state index contributed by atoms with van der Waals surface area (Å²) in [6, 6.07) is 27.4. The van der Waals surface area contributed by atoms with E-state index in [1.54, 1.807) is 4.90 Å². The maximum Gasteiger partial charge on any atom is 0.242 e. The molecule has 0 aliphatic carbocycles. The number of amides is 2. The van der Waals surface area contributed by atoms with E-state index in [0.717, 1.165) is 35.3 Å². The summed E-state index contributed by atoms with van der Waals surface area (Å²) < 4.78 is 5.98. The van der Waals surface area contributed by atoms with Gasteiger partial charge in [-0.1, -0.05) is 72.8 Å². The molecule has 176 valence electrons. The first-order valence-electron chi connectivity index (χ1n) is 12.1. The van der Waals surface area contributed by atoms with Crippen LogP contribution in [0.4, 0.5) is 0 Å². The van der Waals surface area contributed by atoms with Crippen LogP contribution in [0.5, 0.6) is 5.75 Å². The maximum absolute atomic E-state index is 13.4. The third-order valence-corrected chi connectivity index (χ3v) is 6.17. The fraction of sp³-hybridized carbons (Fsp3) is 0.310. The number of carbonyl (C=O) groups is 2. The second-order valence-electron chi connectivity index (χ2n) is 8.73. The zero-order valence-corrected chi connectivity index (χ0v) is 19.5. The van der Waals surface area contributed by atoms with E-state index in [4.69, 9.17) is 4.74 Å². The quantitative estimate of drug-likeness (QED) is 0.498. The summed E-state index contributed by atoms with van der Waals surface area (Å²) in [5.41, 5.74) is 3.17. The van der Waals surface area contributed by atoms with Crippen LogP contribution in [0.15, 0.2) is 84.9 Å². The minimum Gasteiger partial charge on any atom is -0.489 e. The molecule has 0 aromatic heterocycles. The molecule has 34 heavy (non-hydrogen) atoms. The van der Waals surface area contributed by atoms with Crippen LogP contribution in [-0.4, -0.2) is 29.3 Å². The number of rotatable bonds is 9. The highest BCUT2D eigenvalue weighted by Gasteiger charge is 2.30. The molecule has 1 unspecified atom stereocenters. The zero-order chi connectivity index (χ0) is 23.6. The SMILES string of the molecule is O=C1NCCCCC1N(Cc1cccc(OCc2ccccc2)c1)C(=O)CCc1ccccc1. The molecule has 1 aliphatic heterocycles. The van der Waals surface area contributed by atoms with Crippen molar-refractivity contribution >= 4 is 11.8 Å². The van der Waals surface area contributed by atoms with Crippen molar-refractivity contribution in [2.75, 3.05) is 6.54 Å². The summed E-state index contributed by atoms with van der Waals surface area (Å²) in [7, 11) is 0. The van der Waals surface area contributed by atoms with Gasteiger partial charge in [0.25, 0.3) is 0 Å². The van der Waals surface area contributed by atoms with Crippen molar-refractivity contribution < 1.29 is 14.3 Å². The van der Waals surface area contributed by atoms with Crippen LogP contribution in [0.25, 0.3) is 0 Å². The average Bonchev–Trinajstić information content (AvgIpc) is 3.10. The molecule has 1 saturated heterocycles. The fourth-order valence-corrected chi connectivity index (χ4v) is 4.30. The highest BCUT2D eigenvalue weighted by Crippen LogP contribution is 2.21. The lowest BCUT2D eigenvalue weighted by Gasteiger charge is -2.30. The van der Waals surface area contributed by atoms with Gasteiger partial charge in [0.15, 0.2) is 0 Å². The van der Waals surface area contributed by atoms with Gasteiger partial charge < -0.3 is 15.0 Å². The molecule has 0 saturated carbocycles. The Labute approximate surface area is 201 Å². The lowest BCUT2D eigenvalue weighted by atomic mass is 10.0. The van der Waals surface area contributed by atoms with Gasteiger partial charge in [-0.15, -0.1) is 0 Å². The van der Waals surface area contributed by atoms with Crippen molar-refractivity contribution in [3.63, 3.8) is 0 Å². The molecule has 0 spiro atoms. The van der Waals surface area contributed by atoms with Crippen LogP contribution >= 0.6 is 0 Å². The summed E-state index contributed by atoms with van der Waals surface area (Å²) >= 11 is 0. The molecule has 3 aromatic carbocycles. The van der Waals surface area contributed by atoms with E-state index in [0.29, 0.717) is 39.0 Å². The van der Waals surface area contributed by atoms with E-state index in [1.165, 1.54) is 0 Å². The van der Waals surface area contributed by atoms with Gasteiger partial charge in [0, 0.05) is 19.5 Å². The van der Waals surface area contributed by atoms with E-state index >= 15 is 0 Å². The molecule has 1 N–H and O–H groups in total. The number of carbonyl (C=O) groups excluding carboxylic acids is 2. The van der Waals surface area contributed by atoms with Gasteiger partial charge in [0.05, 0.1) is 0 Å². The van der Waals surface area contributed by atoms with E-state index in [9.17, 15) is 9.59 Å². The summed E-state index contributed by atoms with van der Waals surface area (Å²) in [4.78, 5) is 28.0. The minimum atomic E-state index is -0.445. The van der Waals surface area contributed by atoms with Crippen molar-refractivity contribution in [3.05, 3.63) is 102 Å². The van der Waals surface area contributed by atoms with Crippen molar-refractivity contribution in [2.45, 2.75) is 51.3 Å². The molecule has 1 aliphatic rings. The first-order chi connectivity index (χ1) is 16.7. The van der Waals surface area contributed by atoms with Crippen LogP contribution in [0.3, 0.4) is 0 Å². The van der Waals surface area contributed by atoms with Gasteiger partial charge in [-0.3, -0.25) is 9.59 Å². The smallest absolute Gasteiger partial charge is 0.242 e. The highest BCUT2D eigenvalue weighted by atomic mass is 16.5. The third kappa shape index (κ3) is 6.70. The zero-order valence-electron chi connectivity index (χ0n) is 19.5. The van der Waals surface area contributed by atoms with E-state index in [2.05, 4.69) is 5.32 Å². The van der Waals surface area contributed by atoms with Crippen LogP contribution < -0.4 is 10.1 Å². The Balaban J connectivity index is 1.48. The number of aryl methyl sites for hydroxylation is 1. The normalized spacial score (nSPS) is 15.8. The average molecular weight is 457 g/mol. The Kier molecular flexibility index (Phi) is 8.33. The predicted molar refractivity (Wildman–Crippen MR) is 133 cm³/mol.